The van der Waals surface area contributed by atoms with Gasteiger partial charge in [0.25, 0.3) is 0 Å². The zero-order valence-electron chi connectivity index (χ0n) is 9.28. The molecule has 1 rings (SSSR count). The Balaban J connectivity index is 2.87. The third kappa shape index (κ3) is 3.46. The first-order valence-electron chi connectivity index (χ1n) is 4.66. The Morgan fingerprint density at radius 3 is 2.53 bits per heavy atom. The molecule has 0 saturated heterocycles. The quantitative estimate of drug-likeness (QED) is 0.498. The Morgan fingerprint density at radius 2 is 2.12 bits per heavy atom. The summed E-state index contributed by atoms with van der Waals surface area (Å²) >= 11 is 0.880. The molecule has 0 saturated carbocycles. The number of aromatic nitrogens is 1. The lowest BCUT2D eigenvalue weighted by atomic mass is 10.0. The zero-order chi connectivity index (χ0) is 13.1. The van der Waals surface area contributed by atoms with Gasteiger partial charge in [-0.25, -0.2) is 0 Å². The normalized spacial score (nSPS) is 15.4. The fraction of sp³-hybridized carbons (Fsp3) is 0.500. The highest BCUT2D eigenvalue weighted by atomic mass is 127. The molecule has 1 aromatic heterocycles. The number of aliphatic hydroxyl groups is 1. The predicted molar refractivity (Wildman–Crippen MR) is 65.3 cm³/mol. The van der Waals surface area contributed by atoms with Crippen molar-refractivity contribution < 1.29 is 23.4 Å². The van der Waals surface area contributed by atoms with Crippen LogP contribution in [0.15, 0.2) is 18.3 Å². The zero-order valence-corrected chi connectivity index (χ0v) is 11.4. The van der Waals surface area contributed by atoms with E-state index in [4.69, 9.17) is 4.74 Å². The lowest BCUT2D eigenvalue weighted by Crippen LogP contribution is -2.38. The molecule has 0 aromatic carbocycles. The molecule has 0 amide bonds. The van der Waals surface area contributed by atoms with Crippen molar-refractivity contribution in [3.05, 3.63) is 24.0 Å². The first kappa shape index (κ1) is 14.5. The molecule has 96 valence electrons. The third-order valence-electron chi connectivity index (χ3n) is 2.13. The molecule has 0 fully saturated rings. The maximum Gasteiger partial charge on any atom is 0.329 e. The molecule has 0 aliphatic heterocycles. The van der Waals surface area contributed by atoms with Crippen molar-refractivity contribution in [3.8, 4) is 5.75 Å². The molecule has 1 N–H and O–H groups in total. The number of methoxy groups -OCH3 is 1. The molecule has 1 aromatic rings. The van der Waals surface area contributed by atoms with E-state index in [0.717, 1.165) is 29.5 Å². The molecular formula is C10H12F2INO3. The summed E-state index contributed by atoms with van der Waals surface area (Å²) in [5.74, 6) is 0.378. The topological polar surface area (TPSA) is 51.6 Å². The third-order valence-corrected chi connectivity index (χ3v) is 3.18. The van der Waals surface area contributed by atoms with Crippen molar-refractivity contribution in [1.29, 1.82) is 0 Å². The van der Waals surface area contributed by atoms with Crippen molar-refractivity contribution in [2.45, 2.75) is 16.5 Å². The van der Waals surface area contributed by atoms with Gasteiger partial charge in [-0.3, -0.25) is 4.98 Å². The number of hydrogen-bond donors (Lipinski definition) is 1. The van der Waals surface area contributed by atoms with E-state index in [1.807, 2.05) is 0 Å². The number of hydrogen-bond acceptors (Lipinski definition) is 4. The number of nitrogens with zero attached hydrogens (tertiary/aromatic N) is 1. The first-order chi connectivity index (χ1) is 7.79. The monoisotopic (exact) mass is 359 g/mol. The number of alkyl halides is 3. The van der Waals surface area contributed by atoms with Gasteiger partial charge in [0.15, 0.2) is 12.4 Å². The van der Waals surface area contributed by atoms with Crippen molar-refractivity contribution in [3.63, 3.8) is 0 Å². The van der Waals surface area contributed by atoms with E-state index in [-0.39, 0.29) is 12.5 Å². The molecule has 0 radical (unpaired) electrons. The Kier molecular flexibility index (Phi) is 4.62. The lowest BCUT2D eigenvalue weighted by molar-refractivity contribution is -0.104. The number of pyridine rings is 1. The molecule has 17 heavy (non-hydrogen) atoms. The van der Waals surface area contributed by atoms with Crippen LogP contribution in [0.5, 0.6) is 5.75 Å². The summed E-state index contributed by atoms with van der Waals surface area (Å²) in [6.07, 6.45) is 1.26. The van der Waals surface area contributed by atoms with Crippen LogP contribution in [-0.4, -0.2) is 27.9 Å². The van der Waals surface area contributed by atoms with Gasteiger partial charge in [0, 0.05) is 29.7 Å². The van der Waals surface area contributed by atoms with Crippen LogP contribution >= 0.6 is 22.6 Å². The van der Waals surface area contributed by atoms with Gasteiger partial charge in [0.2, 0.25) is 0 Å². The Hall–Kier alpha value is -0.540. The lowest BCUT2D eigenvalue weighted by Gasteiger charge is -2.27. The minimum atomic E-state index is -3.31. The predicted octanol–water partition coefficient (Wildman–Crippen LogP) is 2.30. The van der Waals surface area contributed by atoms with Gasteiger partial charge in [0.1, 0.15) is 5.75 Å². The fourth-order valence-corrected chi connectivity index (χ4v) is 1.30. The van der Waals surface area contributed by atoms with Crippen molar-refractivity contribution >= 4 is 22.6 Å². The first-order valence-corrected chi connectivity index (χ1v) is 5.74. The average Bonchev–Trinajstić information content (AvgIpc) is 2.25. The highest BCUT2D eigenvalue weighted by Gasteiger charge is 2.49. The molecule has 1 atom stereocenters. The highest BCUT2D eigenvalue weighted by molar-refractivity contribution is 14.1. The van der Waals surface area contributed by atoms with Crippen LogP contribution in [0.4, 0.5) is 8.78 Å². The van der Waals surface area contributed by atoms with E-state index >= 15 is 0 Å². The van der Waals surface area contributed by atoms with Gasteiger partial charge in [-0.05, 0) is 19.1 Å². The molecule has 4 nitrogen and oxygen atoms in total. The molecule has 0 aliphatic rings. The van der Waals surface area contributed by atoms with Crippen LogP contribution in [0.3, 0.4) is 0 Å². The summed E-state index contributed by atoms with van der Waals surface area (Å²) in [7, 11) is 1.46. The smallest absolute Gasteiger partial charge is 0.329 e. The SMILES string of the molecule is COCOc1ccc(C(C)(O)C(F)(F)I)nc1. The van der Waals surface area contributed by atoms with Crippen molar-refractivity contribution in [2.75, 3.05) is 13.9 Å². The second-order valence-electron chi connectivity index (χ2n) is 3.50. The van der Waals surface area contributed by atoms with Crippen LogP contribution in [0, 0.1) is 0 Å². The molecule has 0 aliphatic carbocycles. The second kappa shape index (κ2) is 5.40. The van der Waals surface area contributed by atoms with Crippen LogP contribution in [0.1, 0.15) is 12.6 Å². The van der Waals surface area contributed by atoms with Crippen LogP contribution in [-0.2, 0) is 10.3 Å². The van der Waals surface area contributed by atoms with Gasteiger partial charge in [-0.2, -0.15) is 8.78 Å². The summed E-state index contributed by atoms with van der Waals surface area (Å²) in [6.45, 7) is 1.05. The summed E-state index contributed by atoms with van der Waals surface area (Å²) < 4.78 is 32.7. The average molecular weight is 359 g/mol. The Morgan fingerprint density at radius 1 is 1.47 bits per heavy atom. The van der Waals surface area contributed by atoms with Crippen LogP contribution in [0.2, 0.25) is 0 Å². The number of halogens is 3. The maximum absolute atomic E-state index is 13.1. The van der Waals surface area contributed by atoms with Gasteiger partial charge in [0.05, 0.1) is 11.9 Å². The Labute approximate surface area is 111 Å². The minimum absolute atomic E-state index is 0.0415. The summed E-state index contributed by atoms with van der Waals surface area (Å²) in [6, 6.07) is 2.73. The van der Waals surface area contributed by atoms with Crippen LogP contribution < -0.4 is 4.74 Å². The van der Waals surface area contributed by atoms with E-state index in [1.165, 1.54) is 25.4 Å². The van der Waals surface area contributed by atoms with E-state index < -0.39 is 9.53 Å². The van der Waals surface area contributed by atoms with E-state index in [1.54, 1.807) is 0 Å². The largest absolute Gasteiger partial charge is 0.466 e. The number of rotatable bonds is 5. The maximum atomic E-state index is 13.1. The van der Waals surface area contributed by atoms with Crippen molar-refractivity contribution in [1.82, 2.24) is 4.98 Å². The molecule has 1 unspecified atom stereocenters. The fourth-order valence-electron chi connectivity index (χ4n) is 1.03. The summed E-state index contributed by atoms with van der Waals surface area (Å²) in [5, 5.41) is 9.70. The molecule has 0 bridgehead atoms. The molecule has 0 spiro atoms. The summed E-state index contributed by atoms with van der Waals surface area (Å²) in [4.78, 5) is 3.75. The van der Waals surface area contributed by atoms with Crippen molar-refractivity contribution in [2.24, 2.45) is 0 Å². The molecular weight excluding hydrogens is 347 g/mol. The van der Waals surface area contributed by atoms with Crippen LogP contribution in [0.25, 0.3) is 0 Å². The Bertz CT molecular complexity index is 365. The minimum Gasteiger partial charge on any atom is -0.466 e. The number of ether oxygens (including phenoxy) is 2. The van der Waals surface area contributed by atoms with Gasteiger partial charge >= 0.3 is 3.93 Å². The standard InChI is InChI=1S/C10H12F2INO3/c1-9(15,10(11,12)13)8-4-3-7(5-14-8)17-6-16-2/h3-5,15H,6H2,1-2H3. The van der Waals surface area contributed by atoms with Gasteiger partial charge < -0.3 is 14.6 Å². The highest BCUT2D eigenvalue weighted by Crippen LogP contribution is 2.41. The summed E-state index contributed by atoms with van der Waals surface area (Å²) in [5.41, 5.74) is -2.45. The molecule has 1 heterocycles. The molecule has 7 heteroatoms. The second-order valence-corrected chi connectivity index (χ2v) is 4.85. The van der Waals surface area contributed by atoms with E-state index in [0.29, 0.717) is 5.75 Å². The van der Waals surface area contributed by atoms with Gasteiger partial charge in [-0.15, -0.1) is 0 Å². The van der Waals surface area contributed by atoms with E-state index in [2.05, 4.69) is 9.72 Å². The van der Waals surface area contributed by atoms with Gasteiger partial charge in [-0.1, -0.05) is 0 Å². The van der Waals surface area contributed by atoms with E-state index in [9.17, 15) is 13.9 Å².